The van der Waals surface area contributed by atoms with E-state index in [0.717, 1.165) is 16.7 Å². The van der Waals surface area contributed by atoms with E-state index in [1.54, 1.807) is 6.07 Å². The van der Waals surface area contributed by atoms with Gasteiger partial charge in [0.2, 0.25) is 5.78 Å². The molecule has 0 aliphatic carbocycles. The molecular weight excluding hydrogens is 386 g/mol. The van der Waals surface area contributed by atoms with Crippen molar-refractivity contribution in [3.63, 3.8) is 0 Å². The molecule has 7 nitrogen and oxygen atoms in total. The van der Waals surface area contributed by atoms with Crippen molar-refractivity contribution in [3.8, 4) is 11.5 Å². The lowest BCUT2D eigenvalue weighted by Gasteiger charge is -2.10. The van der Waals surface area contributed by atoms with Crippen molar-refractivity contribution in [2.45, 2.75) is 47.1 Å². The maximum Gasteiger partial charge on any atom is 0.308 e. The molecule has 0 aliphatic heterocycles. The van der Waals surface area contributed by atoms with Gasteiger partial charge in [0.25, 0.3) is 5.91 Å². The first kappa shape index (κ1) is 22.8. The number of esters is 2. The highest BCUT2D eigenvalue weighted by Crippen LogP contribution is 2.29. The Labute approximate surface area is 175 Å². The van der Waals surface area contributed by atoms with Gasteiger partial charge in [-0.1, -0.05) is 24.3 Å². The van der Waals surface area contributed by atoms with E-state index in [-0.39, 0.29) is 30.9 Å². The number of aryl methyl sites for hydroxylation is 3. The zero-order valence-electron chi connectivity index (χ0n) is 17.5. The normalized spacial score (nSPS) is 10.3. The minimum atomic E-state index is -0.648. The molecule has 0 saturated carbocycles. The Balaban J connectivity index is 1.95. The molecular formula is C23H25NO6. The molecule has 1 N–H and O–H groups in total. The van der Waals surface area contributed by atoms with Gasteiger partial charge in [-0.25, -0.2) is 0 Å². The third-order valence-electron chi connectivity index (χ3n) is 4.43. The smallest absolute Gasteiger partial charge is 0.308 e. The summed E-state index contributed by atoms with van der Waals surface area (Å²) in [4.78, 5) is 46.7. The molecule has 1 amide bonds. The summed E-state index contributed by atoms with van der Waals surface area (Å²) in [5, 5.41) is 2.63. The Bertz CT molecular complexity index is 980. The van der Waals surface area contributed by atoms with Crippen molar-refractivity contribution >= 4 is 23.6 Å². The Hall–Kier alpha value is -3.48. The van der Waals surface area contributed by atoms with E-state index < -0.39 is 23.6 Å². The maximum absolute atomic E-state index is 12.2. The van der Waals surface area contributed by atoms with Gasteiger partial charge in [-0.15, -0.1) is 0 Å². The molecule has 0 aromatic heterocycles. The van der Waals surface area contributed by atoms with Gasteiger partial charge < -0.3 is 14.8 Å². The predicted octanol–water partition coefficient (Wildman–Crippen LogP) is 2.97. The maximum atomic E-state index is 12.2. The molecule has 0 fully saturated rings. The summed E-state index contributed by atoms with van der Waals surface area (Å²) in [5.41, 5.74) is 3.87. The van der Waals surface area contributed by atoms with Crippen molar-refractivity contribution in [3.05, 3.63) is 58.7 Å². The fraction of sp³-hybridized carbons (Fsp3) is 0.304. The topological polar surface area (TPSA) is 98.8 Å². The van der Waals surface area contributed by atoms with Gasteiger partial charge in [-0.2, -0.15) is 0 Å². The molecule has 0 atom stereocenters. The monoisotopic (exact) mass is 411 g/mol. The second-order valence-corrected chi connectivity index (χ2v) is 6.99. The molecule has 30 heavy (non-hydrogen) atoms. The van der Waals surface area contributed by atoms with Crippen LogP contribution in [0.15, 0.2) is 36.4 Å². The lowest BCUT2D eigenvalue weighted by atomic mass is 10.1. The van der Waals surface area contributed by atoms with Gasteiger partial charge in [0.15, 0.2) is 11.5 Å². The molecule has 2 rings (SSSR count). The summed E-state index contributed by atoms with van der Waals surface area (Å²) < 4.78 is 10.1. The number of rotatable bonds is 8. The van der Waals surface area contributed by atoms with Gasteiger partial charge in [0.05, 0.1) is 0 Å². The highest BCUT2D eigenvalue weighted by Gasteiger charge is 2.15. The standard InChI is InChI=1S/C23H25NO6/c1-14-5-6-19(11-15(14)2)13-24-23(28)20(27)9-7-18-8-10-21(29-16(3)25)22(12-18)30-17(4)26/h5-6,8,10-12H,7,9,13H2,1-4H3,(H,24,28). The zero-order chi connectivity index (χ0) is 22.3. The Kier molecular flexibility index (Phi) is 7.86. The van der Waals surface area contributed by atoms with Crippen LogP contribution < -0.4 is 14.8 Å². The summed E-state index contributed by atoms with van der Waals surface area (Å²) >= 11 is 0. The molecule has 0 aliphatic rings. The van der Waals surface area contributed by atoms with Gasteiger partial charge in [0, 0.05) is 26.8 Å². The summed E-state index contributed by atoms with van der Waals surface area (Å²) in [5.74, 6) is -2.11. The van der Waals surface area contributed by atoms with Crippen LogP contribution in [-0.2, 0) is 32.1 Å². The second kappa shape index (κ2) is 10.3. The lowest BCUT2D eigenvalue weighted by Crippen LogP contribution is -2.30. The number of hydrogen-bond donors (Lipinski definition) is 1. The highest BCUT2D eigenvalue weighted by atomic mass is 16.6. The van der Waals surface area contributed by atoms with E-state index in [2.05, 4.69) is 5.32 Å². The van der Waals surface area contributed by atoms with Crippen molar-refractivity contribution in [2.75, 3.05) is 0 Å². The van der Waals surface area contributed by atoms with Crippen molar-refractivity contribution in [1.82, 2.24) is 5.32 Å². The molecule has 158 valence electrons. The van der Waals surface area contributed by atoms with Crippen LogP contribution in [-0.4, -0.2) is 23.6 Å². The first-order chi connectivity index (χ1) is 14.2. The molecule has 2 aromatic rings. The third-order valence-corrected chi connectivity index (χ3v) is 4.43. The van der Waals surface area contributed by atoms with E-state index in [9.17, 15) is 19.2 Å². The summed E-state index contributed by atoms with van der Waals surface area (Å²) in [6.45, 7) is 6.74. The zero-order valence-corrected chi connectivity index (χ0v) is 17.5. The molecule has 0 unspecified atom stereocenters. The van der Waals surface area contributed by atoms with Crippen LogP contribution in [0, 0.1) is 13.8 Å². The van der Waals surface area contributed by atoms with E-state index in [1.807, 2.05) is 32.0 Å². The second-order valence-electron chi connectivity index (χ2n) is 6.99. The van der Waals surface area contributed by atoms with Crippen molar-refractivity contribution in [1.29, 1.82) is 0 Å². The number of carbonyl (C=O) groups excluding carboxylic acids is 4. The van der Waals surface area contributed by atoms with Crippen molar-refractivity contribution < 1.29 is 28.7 Å². The fourth-order valence-corrected chi connectivity index (χ4v) is 2.75. The summed E-state index contributed by atoms with van der Waals surface area (Å²) in [7, 11) is 0. The predicted molar refractivity (Wildman–Crippen MR) is 110 cm³/mol. The number of carbonyl (C=O) groups is 4. The van der Waals surface area contributed by atoms with Crippen LogP contribution in [0.25, 0.3) is 0 Å². The van der Waals surface area contributed by atoms with E-state index >= 15 is 0 Å². The number of nitrogens with one attached hydrogen (secondary N) is 1. The highest BCUT2D eigenvalue weighted by molar-refractivity contribution is 6.36. The van der Waals surface area contributed by atoms with Gasteiger partial charge in [-0.05, 0) is 54.7 Å². The quantitative estimate of drug-likeness (QED) is 0.407. The van der Waals surface area contributed by atoms with Crippen LogP contribution in [0.3, 0.4) is 0 Å². The molecule has 0 heterocycles. The SMILES string of the molecule is CC(=O)Oc1ccc(CCC(=O)C(=O)NCc2ccc(C)c(C)c2)cc1OC(C)=O. The van der Waals surface area contributed by atoms with Crippen LogP contribution in [0.2, 0.25) is 0 Å². The summed E-state index contributed by atoms with van der Waals surface area (Å²) in [6.07, 6.45) is 0.260. The summed E-state index contributed by atoms with van der Waals surface area (Å²) in [6, 6.07) is 10.5. The Morgan fingerprint density at radius 2 is 1.43 bits per heavy atom. The minimum absolute atomic E-state index is 0.00875. The largest absolute Gasteiger partial charge is 0.423 e. The number of benzene rings is 2. The van der Waals surface area contributed by atoms with Gasteiger partial charge in [-0.3, -0.25) is 19.2 Å². The molecule has 2 aromatic carbocycles. The number of ketones is 1. The molecule has 0 bridgehead atoms. The Morgan fingerprint density at radius 3 is 2.07 bits per heavy atom. The molecule has 0 radical (unpaired) electrons. The fourth-order valence-electron chi connectivity index (χ4n) is 2.75. The van der Waals surface area contributed by atoms with Crippen LogP contribution >= 0.6 is 0 Å². The van der Waals surface area contributed by atoms with E-state index in [4.69, 9.17) is 9.47 Å². The Morgan fingerprint density at radius 1 is 0.800 bits per heavy atom. The molecule has 0 saturated heterocycles. The first-order valence-electron chi connectivity index (χ1n) is 9.52. The van der Waals surface area contributed by atoms with Crippen LogP contribution in [0.1, 0.15) is 42.5 Å². The lowest BCUT2D eigenvalue weighted by molar-refractivity contribution is -0.138. The van der Waals surface area contributed by atoms with Crippen molar-refractivity contribution in [2.24, 2.45) is 0 Å². The third kappa shape index (κ3) is 6.84. The molecule has 0 spiro atoms. The number of amides is 1. The number of hydrogen-bond acceptors (Lipinski definition) is 6. The minimum Gasteiger partial charge on any atom is -0.423 e. The van der Waals surface area contributed by atoms with Crippen LogP contribution in [0.4, 0.5) is 0 Å². The van der Waals surface area contributed by atoms with Crippen LogP contribution in [0.5, 0.6) is 11.5 Å². The first-order valence-corrected chi connectivity index (χ1v) is 9.52. The number of Topliss-reactive ketones (excluding diaryl/α,β-unsaturated/α-hetero) is 1. The average molecular weight is 411 g/mol. The van der Waals surface area contributed by atoms with Gasteiger partial charge in [0.1, 0.15) is 0 Å². The van der Waals surface area contributed by atoms with Gasteiger partial charge >= 0.3 is 11.9 Å². The average Bonchev–Trinajstić information content (AvgIpc) is 2.67. The van der Waals surface area contributed by atoms with E-state index in [0.29, 0.717) is 5.56 Å². The molecule has 7 heteroatoms. The van der Waals surface area contributed by atoms with E-state index in [1.165, 1.54) is 26.0 Å². The number of ether oxygens (including phenoxy) is 2.